The molecule has 0 aromatic heterocycles. The van der Waals surface area contributed by atoms with Crippen molar-refractivity contribution in [3.05, 3.63) is 50.8 Å². The normalized spacial score (nSPS) is 24.2. The molecule has 2 aliphatic heterocycles. The SMILES string of the molecule is COc1cc(C2Nc3ccc(F)cc3[C@H]3OCCC[C@@H]23)cc(I)c1OC. The minimum absolute atomic E-state index is 0.0755. The number of anilines is 1. The molecular weight excluding hydrogens is 448 g/mol. The predicted octanol–water partition coefficient (Wildman–Crippen LogP) is 5.08. The summed E-state index contributed by atoms with van der Waals surface area (Å²) in [5.74, 6) is 1.48. The lowest BCUT2D eigenvalue weighted by Gasteiger charge is -2.43. The van der Waals surface area contributed by atoms with Gasteiger partial charge in [-0.05, 0) is 71.3 Å². The maximum absolute atomic E-state index is 13.8. The minimum atomic E-state index is -0.224. The molecule has 0 amide bonds. The lowest BCUT2D eigenvalue weighted by atomic mass is 9.77. The van der Waals surface area contributed by atoms with Gasteiger partial charge in [-0.1, -0.05) is 0 Å². The molecule has 1 unspecified atom stereocenters. The first-order valence-corrected chi connectivity index (χ1v) is 9.79. The summed E-state index contributed by atoms with van der Waals surface area (Å²) in [4.78, 5) is 0. The summed E-state index contributed by atoms with van der Waals surface area (Å²) in [6.07, 6.45) is 1.95. The van der Waals surface area contributed by atoms with Crippen LogP contribution in [0.15, 0.2) is 30.3 Å². The molecule has 2 heterocycles. The van der Waals surface area contributed by atoms with Crippen molar-refractivity contribution in [2.24, 2.45) is 5.92 Å². The molecule has 138 valence electrons. The van der Waals surface area contributed by atoms with Crippen molar-refractivity contribution in [2.75, 3.05) is 26.1 Å². The van der Waals surface area contributed by atoms with E-state index in [4.69, 9.17) is 14.2 Å². The second-order valence-electron chi connectivity index (χ2n) is 6.69. The van der Waals surface area contributed by atoms with Crippen LogP contribution in [-0.4, -0.2) is 20.8 Å². The highest BCUT2D eigenvalue weighted by Gasteiger charge is 2.40. The fraction of sp³-hybridized carbons (Fsp3) is 0.400. The van der Waals surface area contributed by atoms with Crippen LogP contribution in [0.4, 0.5) is 10.1 Å². The molecule has 0 bridgehead atoms. The average Bonchev–Trinajstić information content (AvgIpc) is 2.66. The summed E-state index contributed by atoms with van der Waals surface area (Å²) < 4.78 is 31.9. The summed E-state index contributed by atoms with van der Waals surface area (Å²) in [5, 5.41) is 3.61. The van der Waals surface area contributed by atoms with Crippen LogP contribution in [0.5, 0.6) is 11.5 Å². The van der Waals surface area contributed by atoms with Gasteiger partial charge in [0.1, 0.15) is 5.82 Å². The van der Waals surface area contributed by atoms with Crippen LogP contribution in [0.3, 0.4) is 0 Å². The molecular formula is C20H21FINO3. The summed E-state index contributed by atoms with van der Waals surface area (Å²) >= 11 is 2.27. The largest absolute Gasteiger partial charge is 0.493 e. The van der Waals surface area contributed by atoms with Gasteiger partial charge in [-0.25, -0.2) is 4.39 Å². The van der Waals surface area contributed by atoms with E-state index in [-0.39, 0.29) is 23.9 Å². The van der Waals surface area contributed by atoms with Crippen LogP contribution < -0.4 is 14.8 Å². The summed E-state index contributed by atoms with van der Waals surface area (Å²) in [6, 6.07) is 9.12. The third-order valence-electron chi connectivity index (χ3n) is 5.24. The standard InChI is InChI=1S/C20H21FINO3/c1-24-17-9-11(8-15(22)20(17)25-2)18-13-4-3-7-26-19(13)14-10-12(21)5-6-16(14)23-18/h5-6,8-10,13,18-19,23H,3-4,7H2,1-2H3/t13-,18?,19-/m0/s1. The zero-order valence-electron chi connectivity index (χ0n) is 14.7. The first-order valence-electron chi connectivity index (χ1n) is 8.71. The Morgan fingerprint density at radius 3 is 2.81 bits per heavy atom. The van der Waals surface area contributed by atoms with E-state index in [2.05, 4.69) is 34.0 Å². The molecule has 1 fully saturated rings. The van der Waals surface area contributed by atoms with Crippen molar-refractivity contribution in [3.63, 3.8) is 0 Å². The van der Waals surface area contributed by atoms with E-state index < -0.39 is 0 Å². The van der Waals surface area contributed by atoms with Gasteiger partial charge in [-0.3, -0.25) is 0 Å². The van der Waals surface area contributed by atoms with Crippen molar-refractivity contribution in [3.8, 4) is 11.5 Å². The van der Waals surface area contributed by atoms with Crippen molar-refractivity contribution < 1.29 is 18.6 Å². The Balaban J connectivity index is 1.79. The van der Waals surface area contributed by atoms with E-state index in [1.54, 1.807) is 26.4 Å². The van der Waals surface area contributed by atoms with Gasteiger partial charge in [-0.2, -0.15) is 0 Å². The smallest absolute Gasteiger partial charge is 0.174 e. The molecule has 2 aromatic carbocycles. The van der Waals surface area contributed by atoms with Crippen molar-refractivity contribution in [2.45, 2.75) is 25.0 Å². The first kappa shape index (κ1) is 17.9. The minimum Gasteiger partial charge on any atom is -0.493 e. The lowest BCUT2D eigenvalue weighted by Crippen LogP contribution is -2.36. The van der Waals surface area contributed by atoms with Gasteiger partial charge in [0.25, 0.3) is 0 Å². The average molecular weight is 469 g/mol. The highest BCUT2D eigenvalue weighted by Crippen LogP contribution is 2.50. The van der Waals surface area contributed by atoms with Crippen LogP contribution >= 0.6 is 22.6 Å². The van der Waals surface area contributed by atoms with Gasteiger partial charge in [-0.15, -0.1) is 0 Å². The van der Waals surface area contributed by atoms with Gasteiger partial charge in [0.05, 0.1) is 29.9 Å². The highest BCUT2D eigenvalue weighted by molar-refractivity contribution is 14.1. The fourth-order valence-electron chi connectivity index (χ4n) is 4.09. The van der Waals surface area contributed by atoms with Crippen LogP contribution in [-0.2, 0) is 4.74 Å². The molecule has 2 aliphatic rings. The number of halogens is 2. The molecule has 1 saturated heterocycles. The van der Waals surface area contributed by atoms with Crippen molar-refractivity contribution >= 4 is 28.3 Å². The van der Waals surface area contributed by atoms with Crippen LogP contribution in [0, 0.1) is 15.3 Å². The van der Waals surface area contributed by atoms with Gasteiger partial charge in [0.2, 0.25) is 0 Å². The number of ether oxygens (including phenoxy) is 3. The van der Waals surface area contributed by atoms with Gasteiger partial charge >= 0.3 is 0 Å². The lowest BCUT2D eigenvalue weighted by molar-refractivity contribution is -0.0383. The number of benzene rings is 2. The molecule has 26 heavy (non-hydrogen) atoms. The quantitative estimate of drug-likeness (QED) is 0.637. The highest BCUT2D eigenvalue weighted by atomic mass is 127. The van der Waals surface area contributed by atoms with Crippen LogP contribution in [0.25, 0.3) is 0 Å². The van der Waals surface area contributed by atoms with Gasteiger partial charge in [0, 0.05) is 23.8 Å². The molecule has 0 spiro atoms. The third-order valence-corrected chi connectivity index (χ3v) is 6.04. The molecule has 1 N–H and O–H groups in total. The van der Waals surface area contributed by atoms with E-state index in [9.17, 15) is 4.39 Å². The summed E-state index contributed by atoms with van der Waals surface area (Å²) in [7, 11) is 3.30. The van der Waals surface area contributed by atoms with Gasteiger partial charge < -0.3 is 19.5 Å². The molecule has 3 atom stereocenters. The molecule has 2 aromatic rings. The zero-order valence-corrected chi connectivity index (χ0v) is 16.9. The molecule has 4 rings (SSSR count). The number of hydrogen-bond donors (Lipinski definition) is 1. The zero-order chi connectivity index (χ0) is 18.3. The molecule has 0 radical (unpaired) electrons. The topological polar surface area (TPSA) is 39.7 Å². The van der Waals surface area contributed by atoms with Crippen LogP contribution in [0.2, 0.25) is 0 Å². The second kappa shape index (κ2) is 7.23. The molecule has 6 heteroatoms. The number of hydrogen-bond acceptors (Lipinski definition) is 4. The monoisotopic (exact) mass is 469 g/mol. The molecule has 0 saturated carbocycles. The number of methoxy groups -OCH3 is 2. The fourth-order valence-corrected chi connectivity index (χ4v) is 4.93. The maximum Gasteiger partial charge on any atom is 0.174 e. The van der Waals surface area contributed by atoms with Crippen molar-refractivity contribution in [1.29, 1.82) is 0 Å². The van der Waals surface area contributed by atoms with E-state index in [0.29, 0.717) is 6.61 Å². The van der Waals surface area contributed by atoms with E-state index in [1.807, 2.05) is 6.07 Å². The Morgan fingerprint density at radius 2 is 2.04 bits per heavy atom. The Labute approximate surface area is 166 Å². The molecule has 0 aliphatic carbocycles. The number of nitrogens with one attached hydrogen (secondary N) is 1. The number of fused-ring (bicyclic) bond motifs is 3. The summed E-state index contributed by atoms with van der Waals surface area (Å²) in [5.41, 5.74) is 2.98. The number of rotatable bonds is 3. The Morgan fingerprint density at radius 1 is 1.19 bits per heavy atom. The maximum atomic E-state index is 13.8. The van der Waals surface area contributed by atoms with E-state index in [1.165, 1.54) is 6.07 Å². The Kier molecular flexibility index (Phi) is 4.96. The first-order chi connectivity index (χ1) is 12.6. The third kappa shape index (κ3) is 3.03. The molecule has 4 nitrogen and oxygen atoms in total. The van der Waals surface area contributed by atoms with E-state index >= 15 is 0 Å². The predicted molar refractivity (Wildman–Crippen MR) is 106 cm³/mol. The summed E-state index contributed by atoms with van der Waals surface area (Å²) in [6.45, 7) is 0.716. The van der Waals surface area contributed by atoms with E-state index in [0.717, 1.165) is 44.7 Å². The second-order valence-corrected chi connectivity index (χ2v) is 7.85. The Hall–Kier alpha value is -1.54. The van der Waals surface area contributed by atoms with Gasteiger partial charge in [0.15, 0.2) is 11.5 Å². The van der Waals surface area contributed by atoms with Crippen molar-refractivity contribution in [1.82, 2.24) is 0 Å². The van der Waals surface area contributed by atoms with Crippen LogP contribution in [0.1, 0.15) is 36.1 Å². The Bertz CT molecular complexity index is 829.